The Morgan fingerprint density at radius 3 is 1.33 bits per heavy atom. The third-order valence-corrected chi connectivity index (χ3v) is 13.6. The zero-order valence-electron chi connectivity index (χ0n) is 36.5. The standard InChI is InChI=1S/C41H46N14O8S4/c1-5-53(6-2)25-9-13-29(49-51-40-44-31-15-11-27(66(58,59)60)23-35(31)64-40)33(21-25)42-37-46-38(48-39(47-37)55(17-19-56)18-20-57)43-34-22-26(54(7-3)8-4)10-14-30(34)50-52-41-45-32-16-12-28(67(61,62)63)24-36(32)65-41/h9-16,21-24,56-57H,5-8,17-20H2,1-4H3,(H,58,59,60)(H,61,62,63)(H2,42,43,46,47,48)/b51-49+,52-50+. The van der Waals surface area contributed by atoms with Gasteiger partial charge in [0.05, 0.1) is 54.8 Å². The molecule has 0 bridgehead atoms. The van der Waals surface area contributed by atoms with Gasteiger partial charge in [0.1, 0.15) is 11.4 Å². The SMILES string of the molecule is CCN(CC)c1ccc(/N=N/c2nc3ccc(S(=O)(=O)O)cc3s2)c(Nc2nc(Nc3cc(N(CC)CC)ccc3/N=N/c3nc4ccc(S(=O)(=O)O)cc4s3)nc(N(CCO)CCO)n2)c1. The van der Waals surface area contributed by atoms with E-state index in [1.807, 2.05) is 52.0 Å². The molecule has 0 radical (unpaired) electrons. The van der Waals surface area contributed by atoms with Gasteiger partial charge in [0.15, 0.2) is 0 Å². The van der Waals surface area contributed by atoms with Gasteiger partial charge in [0.25, 0.3) is 20.2 Å². The molecule has 0 unspecified atom stereocenters. The highest BCUT2D eigenvalue weighted by molar-refractivity contribution is 7.86. The van der Waals surface area contributed by atoms with Gasteiger partial charge >= 0.3 is 0 Å². The van der Waals surface area contributed by atoms with Crippen LogP contribution in [0.4, 0.5) is 62.2 Å². The second kappa shape index (κ2) is 21.1. The van der Waals surface area contributed by atoms with E-state index in [1.165, 1.54) is 36.4 Å². The summed E-state index contributed by atoms with van der Waals surface area (Å²) in [5.74, 6) is 0.230. The van der Waals surface area contributed by atoms with E-state index in [0.29, 0.717) is 69.4 Å². The monoisotopic (exact) mass is 990 g/mol. The van der Waals surface area contributed by atoms with Crippen LogP contribution in [0.2, 0.25) is 0 Å². The van der Waals surface area contributed by atoms with Crippen LogP contribution in [-0.2, 0) is 20.2 Å². The molecule has 26 heteroatoms. The minimum absolute atomic E-state index is 0.0565. The van der Waals surface area contributed by atoms with Crippen molar-refractivity contribution in [2.75, 3.05) is 77.8 Å². The number of benzene rings is 4. The van der Waals surface area contributed by atoms with Crippen molar-refractivity contribution in [3.63, 3.8) is 0 Å². The Morgan fingerprint density at radius 1 is 0.537 bits per heavy atom. The summed E-state index contributed by atoms with van der Waals surface area (Å²) in [5, 5.41) is 44.8. The van der Waals surface area contributed by atoms with Crippen LogP contribution in [0.5, 0.6) is 0 Å². The molecule has 0 aliphatic heterocycles. The molecule has 0 fully saturated rings. The van der Waals surface area contributed by atoms with Crippen LogP contribution in [0, 0.1) is 0 Å². The van der Waals surface area contributed by atoms with Gasteiger partial charge in [-0.25, -0.2) is 9.97 Å². The molecule has 7 aromatic rings. The van der Waals surface area contributed by atoms with E-state index in [0.717, 1.165) is 34.0 Å². The Kier molecular flexibility index (Phi) is 15.3. The lowest BCUT2D eigenvalue weighted by Gasteiger charge is -2.24. The minimum atomic E-state index is -4.43. The number of azo groups is 2. The molecule has 0 atom stereocenters. The van der Waals surface area contributed by atoms with E-state index in [2.05, 4.69) is 50.9 Å². The first-order valence-corrected chi connectivity index (χ1v) is 25.3. The fourth-order valence-electron chi connectivity index (χ4n) is 6.79. The van der Waals surface area contributed by atoms with Gasteiger partial charge in [0, 0.05) is 50.6 Å². The zero-order valence-corrected chi connectivity index (χ0v) is 39.8. The quantitative estimate of drug-likeness (QED) is 0.0291. The Balaban J connectivity index is 1.29. The maximum Gasteiger partial charge on any atom is 0.294 e. The van der Waals surface area contributed by atoms with E-state index in [9.17, 15) is 36.2 Å². The van der Waals surface area contributed by atoms with E-state index in [1.54, 1.807) is 17.0 Å². The number of aromatic nitrogens is 5. The van der Waals surface area contributed by atoms with Crippen LogP contribution >= 0.6 is 22.7 Å². The second-order valence-electron chi connectivity index (χ2n) is 14.3. The molecule has 67 heavy (non-hydrogen) atoms. The minimum Gasteiger partial charge on any atom is -0.395 e. The molecule has 4 aromatic carbocycles. The van der Waals surface area contributed by atoms with E-state index in [-0.39, 0.29) is 64.2 Å². The first-order valence-electron chi connectivity index (χ1n) is 20.8. The average molecular weight is 991 g/mol. The van der Waals surface area contributed by atoms with Crippen LogP contribution in [0.25, 0.3) is 20.4 Å². The number of fused-ring (bicyclic) bond motifs is 2. The molecule has 0 spiro atoms. The molecule has 3 heterocycles. The van der Waals surface area contributed by atoms with Gasteiger partial charge in [-0.05, 0) is 100 Å². The summed E-state index contributed by atoms with van der Waals surface area (Å²) < 4.78 is 67.1. The smallest absolute Gasteiger partial charge is 0.294 e. The van der Waals surface area contributed by atoms with E-state index >= 15 is 0 Å². The first kappa shape index (κ1) is 48.5. The molecule has 7 rings (SSSR count). The summed E-state index contributed by atoms with van der Waals surface area (Å²) in [4.78, 5) is 28.4. The lowest BCUT2D eigenvalue weighted by Crippen LogP contribution is -2.31. The highest BCUT2D eigenvalue weighted by Gasteiger charge is 2.19. The number of nitrogens with zero attached hydrogens (tertiary/aromatic N) is 12. The lowest BCUT2D eigenvalue weighted by atomic mass is 10.2. The zero-order chi connectivity index (χ0) is 47.9. The number of hydrogen-bond acceptors (Lipinski definition) is 22. The Morgan fingerprint density at radius 2 is 0.955 bits per heavy atom. The normalized spacial score (nSPS) is 12.2. The summed E-state index contributed by atoms with van der Waals surface area (Å²) in [6, 6.07) is 19.1. The van der Waals surface area contributed by atoms with E-state index in [4.69, 9.17) is 15.0 Å². The van der Waals surface area contributed by atoms with Gasteiger partial charge < -0.3 is 35.5 Å². The van der Waals surface area contributed by atoms with Gasteiger partial charge in [-0.15, -0.1) is 20.5 Å². The van der Waals surface area contributed by atoms with Crippen molar-refractivity contribution in [2.45, 2.75) is 37.5 Å². The molecule has 352 valence electrons. The molecule has 3 aromatic heterocycles. The van der Waals surface area contributed by atoms with Crippen molar-refractivity contribution in [3.8, 4) is 0 Å². The highest BCUT2D eigenvalue weighted by Crippen LogP contribution is 2.38. The summed E-state index contributed by atoms with van der Waals surface area (Å²) in [5.41, 5.74) is 4.27. The molecule has 22 nitrogen and oxygen atoms in total. The van der Waals surface area contributed by atoms with Crippen molar-refractivity contribution in [1.82, 2.24) is 24.9 Å². The third-order valence-electron chi connectivity index (χ3n) is 10.1. The number of hydrogen-bond donors (Lipinski definition) is 6. The molecular formula is C41H46N14O8S4. The number of nitrogens with one attached hydrogen (secondary N) is 2. The van der Waals surface area contributed by atoms with Crippen LogP contribution < -0.4 is 25.3 Å². The number of aliphatic hydroxyl groups excluding tert-OH is 2. The number of aliphatic hydroxyl groups is 2. The predicted octanol–water partition coefficient (Wildman–Crippen LogP) is 8.39. The predicted molar refractivity (Wildman–Crippen MR) is 260 cm³/mol. The van der Waals surface area contributed by atoms with Crippen LogP contribution in [0.1, 0.15) is 27.7 Å². The molecule has 0 saturated heterocycles. The second-order valence-corrected chi connectivity index (χ2v) is 19.2. The fourth-order valence-corrected chi connectivity index (χ4v) is 9.61. The fraction of sp³-hybridized carbons (Fsp3) is 0.293. The molecule has 6 N–H and O–H groups in total. The van der Waals surface area contributed by atoms with Crippen LogP contribution in [-0.4, -0.2) is 114 Å². The molecule has 0 aliphatic rings. The Bertz CT molecular complexity index is 2970. The third kappa shape index (κ3) is 11.8. The molecular weight excluding hydrogens is 945 g/mol. The average Bonchev–Trinajstić information content (AvgIpc) is 3.91. The van der Waals surface area contributed by atoms with Crippen molar-refractivity contribution < 1.29 is 36.2 Å². The molecule has 0 saturated carbocycles. The number of thiazole rings is 2. The van der Waals surface area contributed by atoms with Crippen molar-refractivity contribution in [1.29, 1.82) is 0 Å². The molecule has 0 amide bonds. The topological polar surface area (TPSA) is 297 Å². The van der Waals surface area contributed by atoms with Gasteiger partial charge in [-0.3, -0.25) is 9.11 Å². The Labute approximate surface area is 393 Å². The highest BCUT2D eigenvalue weighted by atomic mass is 32.2. The number of anilines is 7. The van der Waals surface area contributed by atoms with Gasteiger partial charge in [-0.2, -0.15) is 31.8 Å². The van der Waals surface area contributed by atoms with Crippen molar-refractivity contribution in [3.05, 3.63) is 72.8 Å². The van der Waals surface area contributed by atoms with E-state index < -0.39 is 20.2 Å². The summed E-state index contributed by atoms with van der Waals surface area (Å²) in [6.45, 7) is 10.6. The van der Waals surface area contributed by atoms with Crippen molar-refractivity contribution in [2.24, 2.45) is 20.5 Å². The maximum absolute atomic E-state index is 11.8. The summed E-state index contributed by atoms with van der Waals surface area (Å²) >= 11 is 2.18. The summed E-state index contributed by atoms with van der Waals surface area (Å²) in [6.07, 6.45) is 0. The summed E-state index contributed by atoms with van der Waals surface area (Å²) in [7, 11) is -8.86. The van der Waals surface area contributed by atoms with Gasteiger partial charge in [0.2, 0.25) is 28.1 Å². The number of rotatable bonds is 21. The van der Waals surface area contributed by atoms with Crippen molar-refractivity contribution >= 4 is 126 Å². The molecule has 0 aliphatic carbocycles. The van der Waals surface area contributed by atoms with Crippen LogP contribution in [0.3, 0.4) is 0 Å². The van der Waals surface area contributed by atoms with Crippen LogP contribution in [0.15, 0.2) is 103 Å². The largest absolute Gasteiger partial charge is 0.395 e. The maximum atomic E-state index is 11.8. The van der Waals surface area contributed by atoms with Gasteiger partial charge in [-0.1, -0.05) is 22.7 Å². The first-order chi connectivity index (χ1) is 32.1. The Hall–Kier alpha value is -6.39. The lowest BCUT2D eigenvalue weighted by molar-refractivity contribution is 0.280.